The SMILES string of the molecule is CC(=O)N1[C@@H](C(=O)OCc2ccc(Br)cc2)CS[C@H]1c1ccco1. The van der Waals surface area contributed by atoms with Gasteiger partial charge in [-0.3, -0.25) is 4.79 Å². The average Bonchev–Trinajstić information content (AvgIpc) is 3.22. The first-order valence-electron chi connectivity index (χ1n) is 7.41. The maximum Gasteiger partial charge on any atom is 0.330 e. The van der Waals surface area contributed by atoms with Gasteiger partial charge in [0.05, 0.1) is 6.26 Å². The molecule has 1 saturated heterocycles. The van der Waals surface area contributed by atoms with Gasteiger partial charge in [0.15, 0.2) is 0 Å². The molecule has 3 rings (SSSR count). The highest BCUT2D eigenvalue weighted by Crippen LogP contribution is 2.41. The largest absolute Gasteiger partial charge is 0.466 e. The standard InChI is InChI=1S/C17H16BrNO4S/c1-11(20)19-14(10-24-16(19)15-3-2-8-22-15)17(21)23-9-12-4-6-13(18)7-5-12/h2-8,14,16H,9-10H2,1H3/t14-,16+/m1/s1. The predicted octanol–water partition coefficient (Wildman–Crippen LogP) is 3.75. The molecule has 0 radical (unpaired) electrons. The van der Waals surface area contributed by atoms with Crippen LogP contribution in [-0.2, 0) is 20.9 Å². The molecule has 0 aliphatic carbocycles. The van der Waals surface area contributed by atoms with Crippen molar-refractivity contribution in [1.82, 2.24) is 4.90 Å². The van der Waals surface area contributed by atoms with Crippen molar-refractivity contribution in [2.45, 2.75) is 24.9 Å². The Morgan fingerprint density at radius 2 is 2.08 bits per heavy atom. The number of carbonyl (C=O) groups excluding carboxylic acids is 2. The summed E-state index contributed by atoms with van der Waals surface area (Å²) in [6.45, 7) is 1.64. The van der Waals surface area contributed by atoms with E-state index in [-0.39, 0.29) is 17.9 Å². The normalized spacial score (nSPS) is 20.2. The summed E-state index contributed by atoms with van der Waals surface area (Å²) >= 11 is 4.87. The van der Waals surface area contributed by atoms with Crippen molar-refractivity contribution in [3.05, 3.63) is 58.5 Å². The monoisotopic (exact) mass is 409 g/mol. The zero-order valence-corrected chi connectivity index (χ0v) is 15.4. The molecule has 24 heavy (non-hydrogen) atoms. The van der Waals surface area contributed by atoms with E-state index < -0.39 is 12.0 Å². The van der Waals surface area contributed by atoms with Gasteiger partial charge in [-0.25, -0.2) is 4.79 Å². The van der Waals surface area contributed by atoms with Gasteiger partial charge in [0.25, 0.3) is 0 Å². The number of nitrogens with zero attached hydrogens (tertiary/aromatic N) is 1. The van der Waals surface area contributed by atoms with E-state index in [1.165, 1.54) is 23.6 Å². The summed E-state index contributed by atoms with van der Waals surface area (Å²) in [5.41, 5.74) is 0.897. The zero-order valence-electron chi connectivity index (χ0n) is 13.0. The second-order valence-corrected chi connectivity index (χ2v) is 7.41. The molecule has 2 atom stereocenters. The molecule has 2 heterocycles. The van der Waals surface area contributed by atoms with Crippen molar-refractivity contribution >= 4 is 39.6 Å². The summed E-state index contributed by atoms with van der Waals surface area (Å²) in [5, 5.41) is -0.289. The fraction of sp³-hybridized carbons (Fsp3) is 0.294. The topological polar surface area (TPSA) is 59.8 Å². The van der Waals surface area contributed by atoms with Crippen LogP contribution >= 0.6 is 27.7 Å². The molecule has 0 N–H and O–H groups in total. The lowest BCUT2D eigenvalue weighted by atomic mass is 10.2. The van der Waals surface area contributed by atoms with Crippen molar-refractivity contribution in [2.75, 3.05) is 5.75 Å². The molecule has 0 unspecified atom stereocenters. The lowest BCUT2D eigenvalue weighted by Gasteiger charge is -2.25. The van der Waals surface area contributed by atoms with Crippen molar-refractivity contribution < 1.29 is 18.7 Å². The molecule has 126 valence electrons. The minimum absolute atomic E-state index is 0.174. The number of halogens is 1. The van der Waals surface area contributed by atoms with Gasteiger partial charge in [-0.05, 0) is 29.8 Å². The Balaban J connectivity index is 1.67. The van der Waals surface area contributed by atoms with E-state index in [2.05, 4.69) is 15.9 Å². The molecule has 1 aliphatic rings. The Morgan fingerprint density at radius 1 is 1.33 bits per heavy atom. The third-order valence-electron chi connectivity index (χ3n) is 3.72. The van der Waals surface area contributed by atoms with Gasteiger partial charge >= 0.3 is 5.97 Å². The Hall–Kier alpha value is -1.73. The molecule has 1 fully saturated rings. The van der Waals surface area contributed by atoms with E-state index in [0.717, 1.165) is 10.0 Å². The quantitative estimate of drug-likeness (QED) is 0.719. The molecule has 0 spiro atoms. The summed E-state index contributed by atoms with van der Waals surface area (Å²) < 4.78 is 11.8. The Kier molecular flexibility index (Phi) is 5.30. The van der Waals surface area contributed by atoms with Crippen LogP contribution in [0.4, 0.5) is 0 Å². The van der Waals surface area contributed by atoms with Crippen LogP contribution in [0.5, 0.6) is 0 Å². The van der Waals surface area contributed by atoms with Crippen molar-refractivity contribution in [3.63, 3.8) is 0 Å². The number of thioether (sulfide) groups is 1. The molecule has 1 aliphatic heterocycles. The molecular formula is C17H16BrNO4S. The summed E-state index contributed by atoms with van der Waals surface area (Å²) in [4.78, 5) is 26.0. The minimum Gasteiger partial charge on any atom is -0.466 e. The fourth-order valence-electron chi connectivity index (χ4n) is 2.55. The summed E-state index contributed by atoms with van der Waals surface area (Å²) in [7, 11) is 0. The van der Waals surface area contributed by atoms with E-state index in [0.29, 0.717) is 11.5 Å². The van der Waals surface area contributed by atoms with Crippen LogP contribution in [-0.4, -0.2) is 28.6 Å². The van der Waals surface area contributed by atoms with Crippen LogP contribution < -0.4 is 0 Å². The number of carbonyl (C=O) groups is 2. The Bertz CT molecular complexity index is 717. The van der Waals surface area contributed by atoms with Gasteiger partial charge in [0.1, 0.15) is 23.8 Å². The first-order valence-corrected chi connectivity index (χ1v) is 9.25. The average molecular weight is 410 g/mol. The molecule has 0 saturated carbocycles. The predicted molar refractivity (Wildman–Crippen MR) is 94.2 cm³/mol. The number of esters is 1. The lowest BCUT2D eigenvalue weighted by molar-refractivity contribution is -0.154. The van der Waals surface area contributed by atoms with E-state index in [1.807, 2.05) is 30.3 Å². The Labute approximate surface area is 152 Å². The number of ether oxygens (including phenoxy) is 1. The third-order valence-corrected chi connectivity index (χ3v) is 5.53. The zero-order chi connectivity index (χ0) is 17.1. The highest BCUT2D eigenvalue weighted by Gasteiger charge is 2.43. The smallest absolute Gasteiger partial charge is 0.330 e. The number of hydrogen-bond acceptors (Lipinski definition) is 5. The molecule has 7 heteroatoms. The third kappa shape index (κ3) is 3.67. The second-order valence-electron chi connectivity index (χ2n) is 5.38. The number of amides is 1. The number of rotatable bonds is 4. The summed E-state index contributed by atoms with van der Waals surface area (Å²) in [6.07, 6.45) is 1.56. The van der Waals surface area contributed by atoms with Crippen LogP contribution in [0, 0.1) is 0 Å². The number of hydrogen-bond donors (Lipinski definition) is 0. The molecule has 2 aromatic rings. The van der Waals surface area contributed by atoms with E-state index in [4.69, 9.17) is 9.15 Å². The van der Waals surface area contributed by atoms with Crippen molar-refractivity contribution in [2.24, 2.45) is 0 Å². The first kappa shape index (κ1) is 17.1. The van der Waals surface area contributed by atoms with Crippen molar-refractivity contribution in [1.29, 1.82) is 0 Å². The maximum absolute atomic E-state index is 12.4. The first-order chi connectivity index (χ1) is 11.6. The molecular weight excluding hydrogens is 394 g/mol. The van der Waals surface area contributed by atoms with Crippen LogP contribution in [0.15, 0.2) is 51.6 Å². The number of benzene rings is 1. The maximum atomic E-state index is 12.4. The van der Waals surface area contributed by atoms with Crippen LogP contribution in [0.2, 0.25) is 0 Å². The summed E-state index contributed by atoms with van der Waals surface area (Å²) in [5.74, 6) is 0.587. The molecule has 1 amide bonds. The van der Waals surface area contributed by atoms with Gasteiger partial charge in [-0.2, -0.15) is 0 Å². The van der Waals surface area contributed by atoms with Crippen LogP contribution in [0.25, 0.3) is 0 Å². The highest BCUT2D eigenvalue weighted by atomic mass is 79.9. The minimum atomic E-state index is -0.599. The van der Waals surface area contributed by atoms with Crippen molar-refractivity contribution in [3.8, 4) is 0 Å². The van der Waals surface area contributed by atoms with Gasteiger partial charge in [0.2, 0.25) is 5.91 Å². The molecule has 5 nitrogen and oxygen atoms in total. The van der Waals surface area contributed by atoms with Crippen LogP contribution in [0.3, 0.4) is 0 Å². The molecule has 0 bridgehead atoms. The summed E-state index contributed by atoms with van der Waals surface area (Å²) in [6, 6.07) is 10.5. The number of furan rings is 1. The molecule has 1 aromatic carbocycles. The van der Waals surface area contributed by atoms with Crippen LogP contribution in [0.1, 0.15) is 23.6 Å². The second kappa shape index (κ2) is 7.44. The fourth-order valence-corrected chi connectivity index (χ4v) is 4.23. The van der Waals surface area contributed by atoms with Gasteiger partial charge in [0, 0.05) is 17.1 Å². The highest BCUT2D eigenvalue weighted by molar-refractivity contribution is 9.10. The van der Waals surface area contributed by atoms with E-state index in [9.17, 15) is 9.59 Å². The van der Waals surface area contributed by atoms with E-state index >= 15 is 0 Å². The Morgan fingerprint density at radius 3 is 2.71 bits per heavy atom. The lowest BCUT2D eigenvalue weighted by Crippen LogP contribution is -2.42. The van der Waals surface area contributed by atoms with E-state index in [1.54, 1.807) is 12.3 Å². The van der Waals surface area contributed by atoms with Gasteiger partial charge in [-0.1, -0.05) is 28.1 Å². The van der Waals surface area contributed by atoms with Gasteiger partial charge in [-0.15, -0.1) is 11.8 Å². The van der Waals surface area contributed by atoms with Gasteiger partial charge < -0.3 is 14.1 Å². The molecule has 1 aromatic heterocycles.